The summed E-state index contributed by atoms with van der Waals surface area (Å²) in [5, 5.41) is 1.82. The van der Waals surface area contributed by atoms with Crippen LogP contribution in [0.1, 0.15) is 16.7 Å². The number of halogens is 5. The van der Waals surface area contributed by atoms with E-state index < -0.39 is 39.2 Å². The molecule has 0 aliphatic heterocycles. The first-order chi connectivity index (χ1) is 15.9. The van der Waals surface area contributed by atoms with Gasteiger partial charge in [-0.15, -0.1) is 0 Å². The van der Waals surface area contributed by atoms with Crippen molar-refractivity contribution in [3.63, 3.8) is 0 Å². The smallest absolute Gasteiger partial charge is 0.325 e. The van der Waals surface area contributed by atoms with E-state index in [1.54, 1.807) is 36.4 Å². The number of benzene rings is 3. The average molecular weight is 576 g/mol. The lowest BCUT2D eigenvalue weighted by Gasteiger charge is -2.22. The van der Waals surface area contributed by atoms with E-state index in [-0.39, 0.29) is 17.1 Å². The predicted octanol–water partition coefficient (Wildman–Crippen LogP) is 6.26. The minimum Gasteiger partial charge on any atom is -0.325 e. The number of nitrogens with zero attached hydrogens (tertiary/aromatic N) is 1. The summed E-state index contributed by atoms with van der Waals surface area (Å²) in [7, 11) is -4.09. The van der Waals surface area contributed by atoms with Crippen LogP contribution in [0.3, 0.4) is 0 Å². The van der Waals surface area contributed by atoms with Gasteiger partial charge in [-0.2, -0.15) is 17.5 Å². The Hall–Kier alpha value is -2.40. The summed E-state index contributed by atoms with van der Waals surface area (Å²) in [6, 6.07) is 15.9. The van der Waals surface area contributed by atoms with Crippen LogP contribution in [-0.2, 0) is 27.5 Å². The molecule has 0 spiro atoms. The van der Waals surface area contributed by atoms with Gasteiger partial charge in [0.05, 0.1) is 22.0 Å². The molecule has 0 radical (unpaired) electrons. The first-order valence-corrected chi connectivity index (χ1v) is 12.5. The molecule has 1 amide bonds. The maximum atomic E-state index is 13.3. The van der Waals surface area contributed by atoms with Gasteiger partial charge in [-0.3, -0.25) is 4.79 Å². The molecule has 0 aliphatic rings. The molecule has 0 bridgehead atoms. The lowest BCUT2D eigenvalue weighted by molar-refractivity contribution is -0.137. The number of amides is 1. The summed E-state index contributed by atoms with van der Waals surface area (Å²) in [5.41, 5.74) is 0.223. The number of anilines is 1. The van der Waals surface area contributed by atoms with E-state index in [0.29, 0.717) is 11.6 Å². The Kier molecular flexibility index (Phi) is 8.07. The second kappa shape index (κ2) is 10.5. The van der Waals surface area contributed by atoms with Crippen molar-refractivity contribution >= 4 is 49.1 Å². The van der Waals surface area contributed by atoms with Gasteiger partial charge in [0.15, 0.2) is 0 Å². The SMILES string of the molecule is Cc1ccc(S(=O)(=O)N(CC(=O)Nc2ccc(Cl)c(C(F)(F)F)c2)Cc2ccc(Br)cc2)cc1. The van der Waals surface area contributed by atoms with E-state index in [2.05, 4.69) is 21.2 Å². The number of carbonyl (C=O) groups excluding carboxylic acids is 1. The zero-order chi connectivity index (χ0) is 25.1. The Morgan fingerprint density at radius 3 is 2.24 bits per heavy atom. The number of hydrogen-bond donors (Lipinski definition) is 1. The van der Waals surface area contributed by atoms with Crippen LogP contribution < -0.4 is 5.32 Å². The maximum Gasteiger partial charge on any atom is 0.417 e. The van der Waals surface area contributed by atoms with E-state index in [1.807, 2.05) is 6.92 Å². The molecule has 0 heterocycles. The number of carbonyl (C=O) groups is 1. The lowest BCUT2D eigenvalue weighted by atomic mass is 10.2. The Bertz CT molecular complexity index is 1280. The minimum absolute atomic E-state index is 0.00568. The number of sulfonamides is 1. The highest BCUT2D eigenvalue weighted by molar-refractivity contribution is 9.10. The zero-order valence-corrected chi connectivity index (χ0v) is 20.9. The molecule has 0 saturated heterocycles. The van der Waals surface area contributed by atoms with Gasteiger partial charge in [-0.05, 0) is 55.0 Å². The van der Waals surface area contributed by atoms with Gasteiger partial charge in [-0.1, -0.05) is 57.4 Å². The topological polar surface area (TPSA) is 66.5 Å². The first-order valence-electron chi connectivity index (χ1n) is 9.84. The summed E-state index contributed by atoms with van der Waals surface area (Å²) in [5.74, 6) is -0.803. The van der Waals surface area contributed by atoms with Crippen LogP contribution >= 0.6 is 27.5 Å². The standard InChI is InChI=1S/C23H19BrClF3N2O3S/c1-15-2-9-19(10-3-15)34(32,33)30(13-16-4-6-17(24)7-5-16)14-22(31)29-18-8-11-21(25)20(12-18)23(26,27)28/h2-12H,13-14H2,1H3,(H,29,31). The summed E-state index contributed by atoms with van der Waals surface area (Å²) >= 11 is 8.93. The monoisotopic (exact) mass is 574 g/mol. The van der Waals surface area contributed by atoms with Crippen molar-refractivity contribution in [3.05, 3.63) is 92.9 Å². The van der Waals surface area contributed by atoms with Crippen LogP contribution in [-0.4, -0.2) is 25.2 Å². The Morgan fingerprint density at radius 1 is 1.03 bits per heavy atom. The van der Waals surface area contributed by atoms with E-state index in [9.17, 15) is 26.4 Å². The highest BCUT2D eigenvalue weighted by atomic mass is 79.9. The van der Waals surface area contributed by atoms with Gasteiger partial charge in [0.25, 0.3) is 0 Å². The molecule has 1 N–H and O–H groups in total. The Balaban J connectivity index is 1.88. The van der Waals surface area contributed by atoms with Crippen LogP contribution in [0.4, 0.5) is 18.9 Å². The third-order valence-electron chi connectivity index (χ3n) is 4.81. The highest BCUT2D eigenvalue weighted by Gasteiger charge is 2.33. The Labute approximate surface area is 208 Å². The first kappa shape index (κ1) is 26.2. The molecule has 0 fully saturated rings. The largest absolute Gasteiger partial charge is 0.417 e. The van der Waals surface area contributed by atoms with Crippen LogP contribution in [0.25, 0.3) is 0 Å². The number of alkyl halides is 3. The van der Waals surface area contributed by atoms with Gasteiger partial charge >= 0.3 is 6.18 Å². The highest BCUT2D eigenvalue weighted by Crippen LogP contribution is 2.36. The average Bonchev–Trinajstić information content (AvgIpc) is 2.75. The fourth-order valence-corrected chi connectivity index (χ4v) is 4.93. The second-order valence-corrected chi connectivity index (χ2v) is 10.7. The van der Waals surface area contributed by atoms with Gasteiger partial charge in [0.2, 0.25) is 15.9 Å². The number of nitrogens with one attached hydrogen (secondary N) is 1. The van der Waals surface area contributed by atoms with Crippen LogP contribution in [0.5, 0.6) is 0 Å². The molecule has 0 saturated carbocycles. The van der Waals surface area contributed by atoms with Crippen molar-refractivity contribution in [3.8, 4) is 0 Å². The van der Waals surface area contributed by atoms with Crippen molar-refractivity contribution in [1.82, 2.24) is 4.31 Å². The molecule has 0 aliphatic carbocycles. The lowest BCUT2D eigenvalue weighted by Crippen LogP contribution is -2.37. The molecule has 5 nitrogen and oxygen atoms in total. The molecule has 34 heavy (non-hydrogen) atoms. The van der Waals surface area contributed by atoms with E-state index in [4.69, 9.17) is 11.6 Å². The van der Waals surface area contributed by atoms with Crippen LogP contribution in [0.2, 0.25) is 5.02 Å². The molecule has 11 heteroatoms. The molecular formula is C23H19BrClF3N2O3S. The molecule has 3 rings (SSSR count). The molecule has 3 aromatic rings. The third kappa shape index (κ3) is 6.59. The molecule has 3 aromatic carbocycles. The third-order valence-corrected chi connectivity index (χ3v) is 7.47. The van der Waals surface area contributed by atoms with Gasteiger partial charge in [0.1, 0.15) is 0 Å². The molecule has 0 unspecified atom stereocenters. The summed E-state index contributed by atoms with van der Waals surface area (Å²) in [4.78, 5) is 12.7. The van der Waals surface area contributed by atoms with Gasteiger partial charge < -0.3 is 5.32 Å². The number of rotatable bonds is 7. The molecule has 0 aromatic heterocycles. The normalized spacial score (nSPS) is 12.1. The molecule has 0 atom stereocenters. The summed E-state index contributed by atoms with van der Waals surface area (Å²) < 4.78 is 67.8. The fraction of sp³-hybridized carbons (Fsp3) is 0.174. The molecular weight excluding hydrogens is 557 g/mol. The van der Waals surface area contributed by atoms with Crippen molar-refractivity contribution < 1.29 is 26.4 Å². The van der Waals surface area contributed by atoms with Gasteiger partial charge in [-0.25, -0.2) is 8.42 Å². The molecule has 180 valence electrons. The van der Waals surface area contributed by atoms with Gasteiger partial charge in [0, 0.05) is 16.7 Å². The van der Waals surface area contributed by atoms with E-state index in [0.717, 1.165) is 20.4 Å². The van der Waals surface area contributed by atoms with Crippen molar-refractivity contribution in [2.24, 2.45) is 0 Å². The summed E-state index contributed by atoms with van der Waals surface area (Å²) in [6.45, 7) is 1.08. The van der Waals surface area contributed by atoms with E-state index >= 15 is 0 Å². The zero-order valence-electron chi connectivity index (χ0n) is 17.7. The van der Waals surface area contributed by atoms with Crippen molar-refractivity contribution in [2.45, 2.75) is 24.5 Å². The van der Waals surface area contributed by atoms with Crippen molar-refractivity contribution in [2.75, 3.05) is 11.9 Å². The Morgan fingerprint density at radius 2 is 1.65 bits per heavy atom. The minimum atomic E-state index is -4.71. The number of hydrogen-bond acceptors (Lipinski definition) is 3. The van der Waals surface area contributed by atoms with Crippen molar-refractivity contribution in [1.29, 1.82) is 0 Å². The predicted molar refractivity (Wildman–Crippen MR) is 128 cm³/mol. The van der Waals surface area contributed by atoms with Crippen LogP contribution in [0.15, 0.2) is 76.1 Å². The fourth-order valence-electron chi connectivity index (χ4n) is 3.06. The maximum absolute atomic E-state index is 13.3. The van der Waals surface area contributed by atoms with Crippen LogP contribution in [0, 0.1) is 6.92 Å². The second-order valence-electron chi connectivity index (χ2n) is 7.45. The van der Waals surface area contributed by atoms with E-state index in [1.165, 1.54) is 18.2 Å². The number of aryl methyl sites for hydroxylation is 1. The summed E-state index contributed by atoms with van der Waals surface area (Å²) in [6.07, 6.45) is -4.71. The quantitative estimate of drug-likeness (QED) is 0.362.